The van der Waals surface area contributed by atoms with Crippen LogP contribution in [0, 0.1) is 13.8 Å². The first kappa shape index (κ1) is 19.2. The molecule has 1 aromatic heterocycles. The Kier molecular flexibility index (Phi) is 5.14. The van der Waals surface area contributed by atoms with Crippen molar-refractivity contribution in [1.29, 1.82) is 0 Å². The lowest BCUT2D eigenvalue weighted by Crippen LogP contribution is -2.16. The first-order chi connectivity index (χ1) is 12.7. The van der Waals surface area contributed by atoms with Gasteiger partial charge in [0.05, 0.1) is 15.1 Å². The summed E-state index contributed by atoms with van der Waals surface area (Å²) in [7, 11) is -3.81. The number of amides is 1. The van der Waals surface area contributed by atoms with E-state index in [0.29, 0.717) is 21.6 Å². The molecule has 0 radical (unpaired) electrons. The lowest BCUT2D eigenvalue weighted by atomic mass is 10.1. The van der Waals surface area contributed by atoms with Gasteiger partial charge in [-0.2, -0.15) is 4.99 Å². The minimum Gasteiger partial charge on any atom is -0.312 e. The molecule has 140 valence electrons. The minimum atomic E-state index is -3.81. The number of allylic oxidation sites excluding steroid dienone is 1. The van der Waals surface area contributed by atoms with Gasteiger partial charge in [0, 0.05) is 12.1 Å². The van der Waals surface area contributed by atoms with E-state index < -0.39 is 10.0 Å². The number of thiazole rings is 1. The molecule has 0 aliphatic rings. The van der Waals surface area contributed by atoms with Gasteiger partial charge in [0.1, 0.15) is 0 Å². The van der Waals surface area contributed by atoms with Gasteiger partial charge < -0.3 is 4.57 Å². The Hall–Kier alpha value is -2.55. The van der Waals surface area contributed by atoms with Crippen LogP contribution >= 0.6 is 11.3 Å². The van der Waals surface area contributed by atoms with Crippen molar-refractivity contribution in [3.63, 3.8) is 0 Å². The van der Waals surface area contributed by atoms with E-state index in [1.165, 1.54) is 23.5 Å². The summed E-state index contributed by atoms with van der Waals surface area (Å²) in [5.74, 6) is -0.349. The van der Waals surface area contributed by atoms with Gasteiger partial charge in [-0.1, -0.05) is 34.6 Å². The lowest BCUT2D eigenvalue weighted by molar-refractivity contribution is 0.0997. The molecule has 0 aliphatic heterocycles. The summed E-state index contributed by atoms with van der Waals surface area (Å²) < 4.78 is 25.7. The molecule has 27 heavy (non-hydrogen) atoms. The highest BCUT2D eigenvalue weighted by atomic mass is 32.2. The van der Waals surface area contributed by atoms with E-state index in [9.17, 15) is 13.2 Å². The minimum absolute atomic E-state index is 0.0224. The third-order valence-electron chi connectivity index (χ3n) is 3.96. The number of carbonyl (C=O) groups is 1. The van der Waals surface area contributed by atoms with Gasteiger partial charge in [0.2, 0.25) is 10.0 Å². The first-order valence-corrected chi connectivity index (χ1v) is 10.5. The number of hydrogen-bond acceptors (Lipinski definition) is 4. The third-order valence-corrected chi connectivity index (χ3v) is 5.91. The number of hydrogen-bond donors (Lipinski definition) is 1. The van der Waals surface area contributed by atoms with Crippen LogP contribution in [0.3, 0.4) is 0 Å². The Labute approximate surface area is 161 Å². The molecule has 0 saturated heterocycles. The van der Waals surface area contributed by atoms with E-state index in [1.54, 1.807) is 24.3 Å². The summed E-state index contributed by atoms with van der Waals surface area (Å²) in [6, 6.07) is 10.2. The number of aryl methyl sites for hydroxylation is 2. The number of aromatic nitrogens is 1. The fourth-order valence-corrected chi connectivity index (χ4v) is 4.56. The number of carbonyl (C=O) groups excluding carboxylic acids is 1. The summed E-state index contributed by atoms with van der Waals surface area (Å²) in [4.78, 5) is 17.4. The summed E-state index contributed by atoms with van der Waals surface area (Å²) in [6.45, 7) is 8.03. The molecule has 0 saturated carbocycles. The summed E-state index contributed by atoms with van der Waals surface area (Å²) in [6.07, 6.45) is 1.69. The van der Waals surface area contributed by atoms with E-state index in [1.807, 2.05) is 24.5 Å². The van der Waals surface area contributed by atoms with E-state index in [-0.39, 0.29) is 10.8 Å². The standard InChI is InChI=1S/C19H19N3O3S2/c1-4-7-22-16-6-5-15(27(20,24)25)11-17(16)26-19(22)21-18(23)14-9-12(2)8-13(3)10-14/h4-6,8-11H,1,7H2,2-3H3,(H2,20,24,25). The van der Waals surface area contributed by atoms with Gasteiger partial charge in [0.15, 0.2) is 4.80 Å². The second-order valence-electron chi connectivity index (χ2n) is 6.25. The van der Waals surface area contributed by atoms with Crippen LogP contribution < -0.4 is 9.94 Å². The molecule has 0 atom stereocenters. The van der Waals surface area contributed by atoms with Crippen LogP contribution in [0.5, 0.6) is 0 Å². The smallest absolute Gasteiger partial charge is 0.279 e. The van der Waals surface area contributed by atoms with E-state index in [4.69, 9.17) is 5.14 Å². The number of nitrogens with two attached hydrogens (primary N) is 1. The van der Waals surface area contributed by atoms with Crippen molar-refractivity contribution in [2.45, 2.75) is 25.3 Å². The predicted molar refractivity (Wildman–Crippen MR) is 107 cm³/mol. The van der Waals surface area contributed by atoms with Crippen LogP contribution in [0.1, 0.15) is 21.5 Å². The zero-order valence-electron chi connectivity index (χ0n) is 15.0. The lowest BCUT2D eigenvalue weighted by Gasteiger charge is -2.03. The van der Waals surface area contributed by atoms with Crippen molar-refractivity contribution in [1.82, 2.24) is 4.57 Å². The van der Waals surface area contributed by atoms with Crippen molar-refractivity contribution in [3.8, 4) is 0 Å². The largest absolute Gasteiger partial charge is 0.312 e. The second kappa shape index (κ2) is 7.22. The Morgan fingerprint density at radius 2 is 1.89 bits per heavy atom. The summed E-state index contributed by atoms with van der Waals surface area (Å²) >= 11 is 1.23. The Morgan fingerprint density at radius 1 is 1.22 bits per heavy atom. The van der Waals surface area contributed by atoms with Crippen LogP contribution in [0.15, 0.2) is 58.9 Å². The molecule has 0 spiro atoms. The van der Waals surface area contributed by atoms with Gasteiger partial charge in [-0.05, 0) is 44.2 Å². The van der Waals surface area contributed by atoms with Crippen LogP contribution in [-0.4, -0.2) is 18.9 Å². The maximum atomic E-state index is 12.7. The van der Waals surface area contributed by atoms with Gasteiger partial charge >= 0.3 is 0 Å². The monoisotopic (exact) mass is 401 g/mol. The highest BCUT2D eigenvalue weighted by molar-refractivity contribution is 7.89. The zero-order chi connectivity index (χ0) is 19.8. The quantitative estimate of drug-likeness (QED) is 0.681. The van der Waals surface area contributed by atoms with E-state index >= 15 is 0 Å². The van der Waals surface area contributed by atoms with Crippen LogP contribution in [0.25, 0.3) is 10.2 Å². The van der Waals surface area contributed by atoms with Crippen molar-refractivity contribution in [2.24, 2.45) is 10.1 Å². The summed E-state index contributed by atoms with van der Waals surface area (Å²) in [5.41, 5.74) is 3.25. The van der Waals surface area contributed by atoms with Crippen LogP contribution in [0.4, 0.5) is 0 Å². The molecule has 1 heterocycles. The van der Waals surface area contributed by atoms with Gasteiger partial charge in [-0.3, -0.25) is 4.79 Å². The van der Waals surface area contributed by atoms with Crippen molar-refractivity contribution >= 4 is 37.5 Å². The molecule has 6 nitrogen and oxygen atoms in total. The molecule has 8 heteroatoms. The topological polar surface area (TPSA) is 94.5 Å². The predicted octanol–water partition coefficient (Wildman–Crippen LogP) is 2.89. The molecule has 1 amide bonds. The maximum Gasteiger partial charge on any atom is 0.279 e. The average Bonchev–Trinajstić information content (AvgIpc) is 2.90. The molecular weight excluding hydrogens is 382 g/mol. The maximum absolute atomic E-state index is 12.7. The molecule has 0 aliphatic carbocycles. The second-order valence-corrected chi connectivity index (χ2v) is 8.82. The SMILES string of the molecule is C=CCn1c(=NC(=O)c2cc(C)cc(C)c2)sc2cc(S(N)(=O)=O)ccc21. The van der Waals surface area contributed by atoms with Crippen LogP contribution in [-0.2, 0) is 16.6 Å². The normalized spacial score (nSPS) is 12.5. The fourth-order valence-electron chi connectivity index (χ4n) is 2.87. The van der Waals surface area contributed by atoms with Crippen molar-refractivity contribution in [3.05, 3.63) is 70.5 Å². The third kappa shape index (κ3) is 4.08. The molecule has 3 rings (SSSR count). The zero-order valence-corrected chi connectivity index (χ0v) is 16.6. The molecule has 2 N–H and O–H groups in total. The summed E-state index contributed by atoms with van der Waals surface area (Å²) in [5, 5.41) is 5.21. The van der Waals surface area contributed by atoms with Gasteiger partial charge in [-0.25, -0.2) is 13.6 Å². The highest BCUT2D eigenvalue weighted by Crippen LogP contribution is 2.21. The number of primary sulfonamides is 1. The van der Waals surface area contributed by atoms with Gasteiger partial charge in [0.25, 0.3) is 5.91 Å². The number of nitrogens with zero attached hydrogens (tertiary/aromatic N) is 2. The Balaban J connectivity index is 2.19. The molecule has 0 bridgehead atoms. The Bertz CT molecular complexity index is 1210. The number of sulfonamides is 1. The highest BCUT2D eigenvalue weighted by Gasteiger charge is 2.13. The number of benzene rings is 2. The average molecular weight is 402 g/mol. The number of fused-ring (bicyclic) bond motifs is 1. The van der Waals surface area contributed by atoms with Crippen LogP contribution in [0.2, 0.25) is 0 Å². The van der Waals surface area contributed by atoms with Crippen molar-refractivity contribution in [2.75, 3.05) is 0 Å². The van der Waals surface area contributed by atoms with E-state index in [0.717, 1.165) is 16.6 Å². The Morgan fingerprint density at radius 3 is 2.48 bits per heavy atom. The molecule has 3 aromatic rings. The first-order valence-electron chi connectivity index (χ1n) is 8.13. The van der Waals surface area contributed by atoms with E-state index in [2.05, 4.69) is 11.6 Å². The molecule has 0 unspecified atom stereocenters. The van der Waals surface area contributed by atoms with Crippen molar-refractivity contribution < 1.29 is 13.2 Å². The fraction of sp³-hybridized carbons (Fsp3) is 0.158. The molecular formula is C19H19N3O3S2. The number of rotatable bonds is 4. The molecule has 2 aromatic carbocycles. The molecule has 0 fully saturated rings. The van der Waals surface area contributed by atoms with Gasteiger partial charge in [-0.15, -0.1) is 6.58 Å².